The normalized spacial score (nSPS) is 27.1. The van der Waals surface area contributed by atoms with Gasteiger partial charge in [0.15, 0.2) is 5.78 Å². The Hall–Kier alpha value is -1.20. The molecule has 0 saturated carbocycles. The van der Waals surface area contributed by atoms with Crippen molar-refractivity contribution in [3.05, 3.63) is 11.6 Å². The molecular formula is C9H12O5. The van der Waals surface area contributed by atoms with E-state index in [2.05, 4.69) is 4.74 Å². The van der Waals surface area contributed by atoms with Crippen LogP contribution in [0, 0.1) is 0 Å². The van der Waals surface area contributed by atoms with E-state index in [9.17, 15) is 14.7 Å². The van der Waals surface area contributed by atoms with Crippen LogP contribution in [0.25, 0.3) is 0 Å². The minimum Gasteiger partial charge on any atom is -0.466 e. The standard InChI is InChI=1S/C9H12O5/c1-13-8-6(10)3-5(4-7(8)11)9(12)14-2/h3,7-8,11H,4H2,1-2H3/t7-,8-/m1/s1. The van der Waals surface area contributed by atoms with Crippen LogP contribution >= 0.6 is 0 Å². The van der Waals surface area contributed by atoms with E-state index in [1.165, 1.54) is 14.2 Å². The lowest BCUT2D eigenvalue weighted by Gasteiger charge is -2.23. The second-order valence-electron chi connectivity index (χ2n) is 2.99. The summed E-state index contributed by atoms with van der Waals surface area (Å²) >= 11 is 0. The molecule has 0 radical (unpaired) electrons. The first-order valence-electron chi connectivity index (χ1n) is 4.13. The van der Waals surface area contributed by atoms with Gasteiger partial charge in [-0.3, -0.25) is 4.79 Å². The Morgan fingerprint density at radius 3 is 2.64 bits per heavy atom. The number of aliphatic hydroxyl groups excluding tert-OH is 1. The lowest BCUT2D eigenvalue weighted by Crippen LogP contribution is -2.39. The minimum absolute atomic E-state index is 0.0803. The molecule has 2 atom stereocenters. The summed E-state index contributed by atoms with van der Waals surface area (Å²) in [5.74, 6) is -1.00. The Balaban J connectivity index is 2.85. The Morgan fingerprint density at radius 2 is 2.21 bits per heavy atom. The Labute approximate surface area is 81.3 Å². The number of rotatable bonds is 2. The third kappa shape index (κ3) is 2.00. The first-order valence-corrected chi connectivity index (χ1v) is 4.13. The third-order valence-corrected chi connectivity index (χ3v) is 2.08. The van der Waals surface area contributed by atoms with E-state index < -0.39 is 24.0 Å². The van der Waals surface area contributed by atoms with Gasteiger partial charge in [-0.05, 0) is 6.08 Å². The highest BCUT2D eigenvalue weighted by Gasteiger charge is 2.33. The van der Waals surface area contributed by atoms with Gasteiger partial charge in [-0.1, -0.05) is 0 Å². The highest BCUT2D eigenvalue weighted by molar-refractivity contribution is 6.03. The fraction of sp³-hybridized carbons (Fsp3) is 0.556. The SMILES string of the molecule is COC(=O)C1=CC(=O)[C@@H](OC)[C@H](O)C1. The number of carbonyl (C=O) groups excluding carboxylic acids is 2. The van der Waals surface area contributed by atoms with Gasteiger partial charge in [0.05, 0.1) is 13.2 Å². The average Bonchev–Trinajstić information content (AvgIpc) is 2.16. The van der Waals surface area contributed by atoms with Crippen molar-refractivity contribution < 1.29 is 24.2 Å². The summed E-state index contributed by atoms with van der Waals surface area (Å²) in [6.07, 6.45) is -0.612. The average molecular weight is 200 g/mol. The minimum atomic E-state index is -0.980. The van der Waals surface area contributed by atoms with Gasteiger partial charge >= 0.3 is 5.97 Å². The number of aliphatic hydroxyl groups is 1. The molecule has 0 heterocycles. The zero-order valence-corrected chi connectivity index (χ0v) is 8.02. The molecule has 5 heteroatoms. The zero-order valence-electron chi connectivity index (χ0n) is 8.02. The first-order chi connectivity index (χ1) is 6.60. The van der Waals surface area contributed by atoms with Gasteiger partial charge in [0.1, 0.15) is 6.10 Å². The Bertz CT molecular complexity index is 281. The molecule has 0 aromatic carbocycles. The van der Waals surface area contributed by atoms with Crippen molar-refractivity contribution in [2.45, 2.75) is 18.6 Å². The fourth-order valence-corrected chi connectivity index (χ4v) is 1.38. The summed E-state index contributed by atoms with van der Waals surface area (Å²) in [4.78, 5) is 22.4. The molecule has 0 unspecified atom stereocenters. The number of ether oxygens (including phenoxy) is 2. The lowest BCUT2D eigenvalue weighted by atomic mass is 9.93. The molecule has 0 aromatic rings. The maximum absolute atomic E-state index is 11.3. The summed E-state index contributed by atoms with van der Waals surface area (Å²) in [6.45, 7) is 0. The van der Waals surface area contributed by atoms with Crippen molar-refractivity contribution in [2.24, 2.45) is 0 Å². The number of hydrogen-bond acceptors (Lipinski definition) is 5. The molecule has 78 valence electrons. The lowest BCUT2D eigenvalue weighted by molar-refractivity contribution is -0.140. The summed E-state index contributed by atoms with van der Waals surface area (Å²) in [5, 5.41) is 9.46. The molecule has 0 aliphatic heterocycles. The van der Waals surface area contributed by atoms with Crippen molar-refractivity contribution >= 4 is 11.8 Å². The van der Waals surface area contributed by atoms with Gasteiger partial charge < -0.3 is 14.6 Å². The van der Waals surface area contributed by atoms with Gasteiger partial charge in [-0.2, -0.15) is 0 Å². The third-order valence-electron chi connectivity index (χ3n) is 2.08. The van der Waals surface area contributed by atoms with Crippen LogP contribution in [0.3, 0.4) is 0 Å². The number of carbonyl (C=O) groups is 2. The summed E-state index contributed by atoms with van der Waals surface area (Å²) in [7, 11) is 2.56. The van der Waals surface area contributed by atoms with Crippen LogP contribution in [-0.2, 0) is 19.1 Å². The maximum atomic E-state index is 11.3. The number of methoxy groups -OCH3 is 2. The molecule has 0 aromatic heterocycles. The second-order valence-corrected chi connectivity index (χ2v) is 2.99. The quantitative estimate of drug-likeness (QED) is 0.604. The second kappa shape index (κ2) is 4.34. The van der Waals surface area contributed by atoms with Crippen LogP contribution in [0.4, 0.5) is 0 Å². The van der Waals surface area contributed by atoms with E-state index in [0.29, 0.717) is 0 Å². The summed E-state index contributed by atoms with van der Waals surface area (Å²) in [6, 6.07) is 0. The molecule has 0 fully saturated rings. The van der Waals surface area contributed by atoms with E-state index in [1.54, 1.807) is 0 Å². The predicted octanol–water partition coefficient (Wildman–Crippen LogP) is -0.566. The van der Waals surface area contributed by atoms with Gasteiger partial charge in [0.2, 0.25) is 0 Å². The molecule has 0 saturated heterocycles. The van der Waals surface area contributed by atoms with Crippen LogP contribution in [-0.4, -0.2) is 43.3 Å². The van der Waals surface area contributed by atoms with Gasteiger partial charge in [-0.15, -0.1) is 0 Å². The molecular weight excluding hydrogens is 188 g/mol. The van der Waals surface area contributed by atoms with E-state index in [4.69, 9.17) is 4.74 Å². The summed E-state index contributed by atoms with van der Waals surface area (Å²) in [5.41, 5.74) is 0.179. The van der Waals surface area contributed by atoms with Crippen molar-refractivity contribution in [2.75, 3.05) is 14.2 Å². The van der Waals surface area contributed by atoms with E-state index in [1.807, 2.05) is 0 Å². The number of hydrogen-bond donors (Lipinski definition) is 1. The first kappa shape index (κ1) is 10.9. The van der Waals surface area contributed by atoms with Gasteiger partial charge in [0, 0.05) is 19.1 Å². The topological polar surface area (TPSA) is 72.8 Å². The predicted molar refractivity (Wildman–Crippen MR) is 46.5 cm³/mol. The van der Waals surface area contributed by atoms with Crippen LogP contribution in [0.1, 0.15) is 6.42 Å². The van der Waals surface area contributed by atoms with Crippen molar-refractivity contribution in [3.8, 4) is 0 Å². The smallest absolute Gasteiger partial charge is 0.333 e. The Kier molecular flexibility index (Phi) is 3.38. The molecule has 1 rings (SSSR count). The molecule has 0 spiro atoms. The highest BCUT2D eigenvalue weighted by atomic mass is 16.5. The number of ketones is 1. The molecule has 1 N–H and O–H groups in total. The Morgan fingerprint density at radius 1 is 1.57 bits per heavy atom. The number of esters is 1. The van der Waals surface area contributed by atoms with Gasteiger partial charge in [0.25, 0.3) is 0 Å². The van der Waals surface area contributed by atoms with Crippen LogP contribution in [0.5, 0.6) is 0 Å². The van der Waals surface area contributed by atoms with Crippen LogP contribution < -0.4 is 0 Å². The molecule has 0 bridgehead atoms. The monoisotopic (exact) mass is 200 g/mol. The molecule has 0 amide bonds. The van der Waals surface area contributed by atoms with Crippen molar-refractivity contribution in [1.29, 1.82) is 0 Å². The summed E-state index contributed by atoms with van der Waals surface area (Å²) < 4.78 is 9.22. The van der Waals surface area contributed by atoms with Crippen LogP contribution in [0.15, 0.2) is 11.6 Å². The van der Waals surface area contributed by atoms with Crippen molar-refractivity contribution in [1.82, 2.24) is 0 Å². The largest absolute Gasteiger partial charge is 0.466 e. The van der Waals surface area contributed by atoms with E-state index in [-0.39, 0.29) is 12.0 Å². The van der Waals surface area contributed by atoms with Gasteiger partial charge in [-0.25, -0.2) is 4.79 Å². The fourth-order valence-electron chi connectivity index (χ4n) is 1.38. The zero-order chi connectivity index (χ0) is 10.7. The van der Waals surface area contributed by atoms with E-state index >= 15 is 0 Å². The molecule has 1 aliphatic rings. The molecule has 14 heavy (non-hydrogen) atoms. The molecule has 1 aliphatic carbocycles. The van der Waals surface area contributed by atoms with Crippen molar-refractivity contribution in [3.63, 3.8) is 0 Å². The van der Waals surface area contributed by atoms with Crippen LogP contribution in [0.2, 0.25) is 0 Å². The highest BCUT2D eigenvalue weighted by Crippen LogP contribution is 2.19. The molecule has 5 nitrogen and oxygen atoms in total. The maximum Gasteiger partial charge on any atom is 0.333 e. The van der Waals surface area contributed by atoms with E-state index in [0.717, 1.165) is 6.08 Å².